The molecule has 1 aromatic rings. The van der Waals surface area contributed by atoms with Gasteiger partial charge in [-0.3, -0.25) is 4.68 Å². The van der Waals surface area contributed by atoms with Crippen molar-refractivity contribution in [2.45, 2.75) is 25.4 Å². The van der Waals surface area contributed by atoms with E-state index in [1.54, 1.807) is 4.68 Å². The average molecular weight is 196 g/mol. The van der Waals surface area contributed by atoms with Crippen LogP contribution in [0.4, 0.5) is 0 Å². The number of aryl methyl sites for hydroxylation is 1. The van der Waals surface area contributed by atoms with Gasteiger partial charge in [-0.25, -0.2) is 0 Å². The second kappa shape index (κ2) is 3.71. The number of rotatable bonds is 3. The molecule has 0 amide bonds. The summed E-state index contributed by atoms with van der Waals surface area (Å²) in [4.78, 5) is 2.12. The van der Waals surface area contributed by atoms with Gasteiger partial charge < -0.3 is 10.6 Å². The maximum atomic E-state index is 6.17. The van der Waals surface area contributed by atoms with Crippen LogP contribution in [0, 0.1) is 0 Å². The molecule has 1 aromatic heterocycles. The Morgan fingerprint density at radius 3 is 2.43 bits per heavy atom. The summed E-state index contributed by atoms with van der Waals surface area (Å²) in [6.45, 7) is 4.23. The summed E-state index contributed by atoms with van der Waals surface area (Å²) in [7, 11) is 5.96. The SMILES string of the molecule is CN(C)C(C)(C)C(N)c1ccn(C)n1. The predicted molar refractivity (Wildman–Crippen MR) is 57.9 cm³/mol. The molecule has 0 aliphatic carbocycles. The zero-order chi connectivity index (χ0) is 10.9. The highest BCUT2D eigenvalue weighted by Gasteiger charge is 2.31. The summed E-state index contributed by atoms with van der Waals surface area (Å²) in [6, 6.07) is 1.90. The summed E-state index contributed by atoms with van der Waals surface area (Å²) < 4.78 is 1.78. The van der Waals surface area contributed by atoms with Gasteiger partial charge in [0.25, 0.3) is 0 Å². The Hall–Kier alpha value is -0.870. The van der Waals surface area contributed by atoms with Gasteiger partial charge in [-0.05, 0) is 34.0 Å². The van der Waals surface area contributed by atoms with Crippen LogP contribution >= 0.6 is 0 Å². The highest BCUT2D eigenvalue weighted by Crippen LogP contribution is 2.25. The fourth-order valence-corrected chi connectivity index (χ4v) is 1.24. The van der Waals surface area contributed by atoms with Crippen LogP contribution < -0.4 is 5.73 Å². The molecule has 1 rings (SSSR count). The van der Waals surface area contributed by atoms with Crippen LogP contribution in [-0.4, -0.2) is 34.3 Å². The molecule has 0 saturated heterocycles. The second-order valence-electron chi connectivity index (χ2n) is 4.44. The van der Waals surface area contributed by atoms with Gasteiger partial charge in [0.15, 0.2) is 0 Å². The van der Waals surface area contributed by atoms with Crippen molar-refractivity contribution in [2.24, 2.45) is 12.8 Å². The minimum absolute atomic E-state index is 0.0706. The lowest BCUT2D eigenvalue weighted by Crippen LogP contribution is -2.47. The van der Waals surface area contributed by atoms with Crippen molar-refractivity contribution in [2.75, 3.05) is 14.1 Å². The molecule has 80 valence electrons. The van der Waals surface area contributed by atoms with E-state index >= 15 is 0 Å². The van der Waals surface area contributed by atoms with Gasteiger partial charge in [0, 0.05) is 18.8 Å². The van der Waals surface area contributed by atoms with Crippen LogP contribution in [0.1, 0.15) is 25.6 Å². The van der Waals surface area contributed by atoms with Gasteiger partial charge in [0.1, 0.15) is 0 Å². The topological polar surface area (TPSA) is 47.1 Å². The van der Waals surface area contributed by atoms with Gasteiger partial charge >= 0.3 is 0 Å². The molecule has 0 aliphatic rings. The van der Waals surface area contributed by atoms with Crippen LogP contribution in [-0.2, 0) is 7.05 Å². The van der Waals surface area contributed by atoms with E-state index < -0.39 is 0 Å². The third-order valence-electron chi connectivity index (χ3n) is 2.97. The molecule has 0 aromatic carbocycles. The zero-order valence-electron chi connectivity index (χ0n) is 9.65. The number of nitrogens with zero attached hydrogens (tertiary/aromatic N) is 3. The summed E-state index contributed by atoms with van der Waals surface area (Å²) in [6.07, 6.45) is 1.92. The monoisotopic (exact) mass is 196 g/mol. The first-order valence-electron chi connectivity index (χ1n) is 4.78. The minimum Gasteiger partial charge on any atom is -0.321 e. The third-order valence-corrected chi connectivity index (χ3v) is 2.97. The van der Waals surface area contributed by atoms with E-state index in [1.165, 1.54) is 0 Å². The molecule has 0 bridgehead atoms. The summed E-state index contributed by atoms with van der Waals surface area (Å²) in [5.74, 6) is 0. The molecule has 0 aliphatic heterocycles. The number of likely N-dealkylation sites (N-methyl/N-ethyl adjacent to an activating group) is 1. The van der Waals surface area contributed by atoms with Crippen molar-refractivity contribution < 1.29 is 0 Å². The van der Waals surface area contributed by atoms with Crippen molar-refractivity contribution in [1.29, 1.82) is 0 Å². The van der Waals surface area contributed by atoms with Gasteiger partial charge in [-0.2, -0.15) is 5.10 Å². The fourth-order valence-electron chi connectivity index (χ4n) is 1.24. The van der Waals surface area contributed by atoms with Crippen molar-refractivity contribution in [3.8, 4) is 0 Å². The van der Waals surface area contributed by atoms with Gasteiger partial charge in [-0.1, -0.05) is 0 Å². The number of hydrogen-bond acceptors (Lipinski definition) is 3. The van der Waals surface area contributed by atoms with Crippen molar-refractivity contribution >= 4 is 0 Å². The lowest BCUT2D eigenvalue weighted by atomic mass is 9.91. The molecule has 14 heavy (non-hydrogen) atoms. The molecule has 1 unspecified atom stereocenters. The van der Waals surface area contributed by atoms with E-state index in [9.17, 15) is 0 Å². The number of aromatic nitrogens is 2. The van der Waals surface area contributed by atoms with Crippen molar-refractivity contribution in [3.63, 3.8) is 0 Å². The largest absolute Gasteiger partial charge is 0.321 e. The van der Waals surface area contributed by atoms with Gasteiger partial charge in [0.2, 0.25) is 0 Å². The van der Waals surface area contributed by atoms with E-state index in [4.69, 9.17) is 5.73 Å². The summed E-state index contributed by atoms with van der Waals surface area (Å²) in [5.41, 5.74) is 7.02. The zero-order valence-corrected chi connectivity index (χ0v) is 9.65. The molecule has 1 heterocycles. The Bertz CT molecular complexity index is 301. The van der Waals surface area contributed by atoms with Crippen molar-refractivity contribution in [3.05, 3.63) is 18.0 Å². The molecule has 4 nitrogen and oxygen atoms in total. The molecule has 0 spiro atoms. The molecular formula is C10H20N4. The second-order valence-corrected chi connectivity index (χ2v) is 4.44. The molecule has 0 saturated carbocycles. The Morgan fingerprint density at radius 1 is 1.50 bits per heavy atom. The first kappa shape index (κ1) is 11.2. The van der Waals surface area contributed by atoms with E-state index in [0.717, 1.165) is 5.69 Å². The molecule has 2 N–H and O–H groups in total. The maximum Gasteiger partial charge on any atom is 0.0810 e. The molecule has 1 atom stereocenters. The normalized spacial score (nSPS) is 14.8. The Kier molecular flexibility index (Phi) is 2.97. The number of nitrogens with two attached hydrogens (primary N) is 1. The van der Waals surface area contributed by atoms with Crippen LogP contribution in [0.5, 0.6) is 0 Å². The van der Waals surface area contributed by atoms with E-state index in [2.05, 4.69) is 23.8 Å². The number of hydrogen-bond donors (Lipinski definition) is 1. The maximum absolute atomic E-state index is 6.17. The standard InChI is InChI=1S/C10H20N4/c1-10(2,13(3)4)9(11)8-6-7-14(5)12-8/h6-7,9H,11H2,1-5H3. The van der Waals surface area contributed by atoms with Crippen LogP contribution in [0.2, 0.25) is 0 Å². The third kappa shape index (κ3) is 1.96. The van der Waals surface area contributed by atoms with E-state index in [1.807, 2.05) is 33.4 Å². The van der Waals surface area contributed by atoms with Crippen molar-refractivity contribution in [1.82, 2.24) is 14.7 Å². The van der Waals surface area contributed by atoms with Gasteiger partial charge in [0.05, 0.1) is 11.7 Å². The minimum atomic E-state index is -0.0889. The van der Waals surface area contributed by atoms with Crippen LogP contribution in [0.3, 0.4) is 0 Å². The predicted octanol–water partition coefficient (Wildman–Crippen LogP) is 0.760. The Balaban J connectivity index is 2.89. The van der Waals surface area contributed by atoms with E-state index in [0.29, 0.717) is 0 Å². The Labute approximate surface area is 85.7 Å². The molecule has 0 fully saturated rings. The fraction of sp³-hybridized carbons (Fsp3) is 0.700. The van der Waals surface area contributed by atoms with E-state index in [-0.39, 0.29) is 11.6 Å². The molecule has 0 radical (unpaired) electrons. The molecule has 4 heteroatoms. The first-order valence-corrected chi connectivity index (χ1v) is 4.78. The highest BCUT2D eigenvalue weighted by molar-refractivity contribution is 5.11. The lowest BCUT2D eigenvalue weighted by Gasteiger charge is -2.37. The lowest BCUT2D eigenvalue weighted by molar-refractivity contribution is 0.156. The van der Waals surface area contributed by atoms with Gasteiger partial charge in [-0.15, -0.1) is 0 Å². The summed E-state index contributed by atoms with van der Waals surface area (Å²) in [5, 5.41) is 4.32. The quantitative estimate of drug-likeness (QED) is 0.776. The smallest absolute Gasteiger partial charge is 0.0810 e. The van der Waals surface area contributed by atoms with Crippen LogP contribution in [0.25, 0.3) is 0 Å². The summed E-state index contributed by atoms with van der Waals surface area (Å²) >= 11 is 0. The average Bonchev–Trinajstić information content (AvgIpc) is 2.50. The Morgan fingerprint density at radius 2 is 2.07 bits per heavy atom. The first-order chi connectivity index (χ1) is 6.35. The highest BCUT2D eigenvalue weighted by atomic mass is 15.3. The van der Waals surface area contributed by atoms with Crippen LogP contribution in [0.15, 0.2) is 12.3 Å². The molecular weight excluding hydrogens is 176 g/mol.